The van der Waals surface area contributed by atoms with Crippen LogP contribution in [0.3, 0.4) is 0 Å². The van der Waals surface area contributed by atoms with Crippen LogP contribution in [-0.2, 0) is 17.9 Å². The molecular weight excluding hydrogens is 312 g/mol. The van der Waals surface area contributed by atoms with E-state index < -0.39 is 6.10 Å². The van der Waals surface area contributed by atoms with Crippen molar-refractivity contribution in [2.75, 3.05) is 6.61 Å². The molecule has 0 saturated carbocycles. The fourth-order valence-electron chi connectivity index (χ4n) is 2.07. The zero-order valence-electron chi connectivity index (χ0n) is 12.8. The highest BCUT2D eigenvalue weighted by molar-refractivity contribution is 7.09. The van der Waals surface area contributed by atoms with Gasteiger partial charge in [0.05, 0.1) is 25.9 Å². The van der Waals surface area contributed by atoms with Crippen molar-refractivity contribution >= 4 is 11.3 Å². The quantitative estimate of drug-likeness (QED) is 0.719. The monoisotopic (exact) mass is 330 g/mol. The van der Waals surface area contributed by atoms with Crippen LogP contribution < -0.4 is 0 Å². The molecule has 0 saturated heterocycles. The maximum atomic E-state index is 10.00. The lowest BCUT2D eigenvalue weighted by Crippen LogP contribution is -2.23. The number of aliphatic hydroxyl groups excluding tert-OH is 1. The maximum absolute atomic E-state index is 10.00. The van der Waals surface area contributed by atoms with Gasteiger partial charge in [0.2, 0.25) is 5.82 Å². The van der Waals surface area contributed by atoms with Crippen LogP contribution in [0.25, 0.3) is 11.4 Å². The fourth-order valence-corrected chi connectivity index (χ4v) is 2.71. The summed E-state index contributed by atoms with van der Waals surface area (Å²) in [5.74, 6) is 0.553. The van der Waals surface area contributed by atoms with Crippen molar-refractivity contribution in [2.24, 2.45) is 0 Å². The molecule has 0 radical (unpaired) electrons. The van der Waals surface area contributed by atoms with Crippen molar-refractivity contribution in [3.8, 4) is 11.4 Å². The topological polar surface area (TPSA) is 73.1 Å². The number of nitrogens with zero attached hydrogens (tertiary/aromatic N) is 4. The van der Waals surface area contributed by atoms with E-state index in [1.165, 1.54) is 10.4 Å². The zero-order valence-corrected chi connectivity index (χ0v) is 13.6. The SMILES string of the molecule is Cc1ccc(-c2nnn(C[C@@H](O)COCc3cccs3)n2)cc1. The third kappa shape index (κ3) is 4.44. The average Bonchev–Trinajstić information content (AvgIpc) is 3.20. The smallest absolute Gasteiger partial charge is 0.204 e. The second-order valence-corrected chi connectivity index (χ2v) is 6.31. The van der Waals surface area contributed by atoms with E-state index in [1.54, 1.807) is 11.3 Å². The normalized spacial score (nSPS) is 12.4. The van der Waals surface area contributed by atoms with Gasteiger partial charge in [0.1, 0.15) is 0 Å². The summed E-state index contributed by atoms with van der Waals surface area (Å²) < 4.78 is 5.49. The third-order valence-corrected chi connectivity index (χ3v) is 4.12. The van der Waals surface area contributed by atoms with E-state index >= 15 is 0 Å². The van der Waals surface area contributed by atoms with Crippen molar-refractivity contribution in [1.29, 1.82) is 0 Å². The Hall–Kier alpha value is -2.09. The molecule has 23 heavy (non-hydrogen) atoms. The molecule has 0 aliphatic heterocycles. The van der Waals surface area contributed by atoms with Crippen molar-refractivity contribution < 1.29 is 9.84 Å². The number of rotatable bonds is 7. The molecule has 1 atom stereocenters. The van der Waals surface area contributed by atoms with Crippen LogP contribution in [0.2, 0.25) is 0 Å². The molecule has 0 amide bonds. The molecule has 7 heteroatoms. The third-order valence-electron chi connectivity index (χ3n) is 3.27. The molecule has 6 nitrogen and oxygen atoms in total. The van der Waals surface area contributed by atoms with E-state index in [9.17, 15) is 5.11 Å². The highest BCUT2D eigenvalue weighted by atomic mass is 32.1. The first-order chi connectivity index (χ1) is 11.2. The Morgan fingerprint density at radius 1 is 1.26 bits per heavy atom. The largest absolute Gasteiger partial charge is 0.389 e. The summed E-state index contributed by atoms with van der Waals surface area (Å²) in [5.41, 5.74) is 2.09. The molecule has 1 N–H and O–H groups in total. The van der Waals surface area contributed by atoms with E-state index in [-0.39, 0.29) is 13.2 Å². The Morgan fingerprint density at radius 2 is 2.09 bits per heavy atom. The van der Waals surface area contributed by atoms with Gasteiger partial charge in [0, 0.05) is 10.4 Å². The summed E-state index contributed by atoms with van der Waals surface area (Å²) in [5, 5.41) is 24.3. The van der Waals surface area contributed by atoms with Gasteiger partial charge in [-0.2, -0.15) is 4.80 Å². The predicted octanol–water partition coefficient (Wildman–Crippen LogP) is 2.29. The number of aliphatic hydroxyl groups is 1. The highest BCUT2D eigenvalue weighted by Gasteiger charge is 2.10. The minimum absolute atomic E-state index is 0.235. The summed E-state index contributed by atoms with van der Waals surface area (Å²) in [7, 11) is 0. The molecule has 3 aromatic rings. The average molecular weight is 330 g/mol. The van der Waals surface area contributed by atoms with Crippen LogP contribution in [0.15, 0.2) is 41.8 Å². The first-order valence-electron chi connectivity index (χ1n) is 7.34. The van der Waals surface area contributed by atoms with Crippen LogP contribution >= 0.6 is 11.3 Å². The van der Waals surface area contributed by atoms with Gasteiger partial charge in [-0.05, 0) is 23.6 Å². The van der Waals surface area contributed by atoms with Gasteiger partial charge in [-0.15, -0.1) is 21.5 Å². The van der Waals surface area contributed by atoms with Crippen molar-refractivity contribution in [2.45, 2.75) is 26.2 Å². The van der Waals surface area contributed by atoms with Gasteiger partial charge >= 0.3 is 0 Å². The minimum Gasteiger partial charge on any atom is -0.389 e. The molecule has 2 heterocycles. The minimum atomic E-state index is -0.671. The van der Waals surface area contributed by atoms with Crippen LogP contribution in [0, 0.1) is 6.92 Å². The molecule has 1 aromatic carbocycles. The second kappa shape index (κ2) is 7.45. The van der Waals surface area contributed by atoms with E-state index in [0.717, 1.165) is 10.4 Å². The number of aryl methyl sites for hydroxylation is 1. The second-order valence-electron chi connectivity index (χ2n) is 5.28. The molecule has 0 bridgehead atoms. The van der Waals surface area contributed by atoms with Gasteiger partial charge in [0.15, 0.2) is 0 Å². The number of aromatic nitrogens is 4. The van der Waals surface area contributed by atoms with Crippen LogP contribution in [0.5, 0.6) is 0 Å². The summed E-state index contributed by atoms with van der Waals surface area (Å²) >= 11 is 1.63. The molecule has 0 unspecified atom stereocenters. The van der Waals surface area contributed by atoms with E-state index in [2.05, 4.69) is 15.4 Å². The molecule has 0 fully saturated rings. The first-order valence-corrected chi connectivity index (χ1v) is 8.22. The lowest BCUT2D eigenvalue weighted by atomic mass is 10.1. The van der Waals surface area contributed by atoms with E-state index in [1.807, 2.05) is 48.7 Å². The summed E-state index contributed by atoms with van der Waals surface area (Å²) in [6.07, 6.45) is -0.671. The Labute approximate surface area is 138 Å². The van der Waals surface area contributed by atoms with Gasteiger partial charge in [-0.25, -0.2) is 0 Å². The maximum Gasteiger partial charge on any atom is 0.204 e. The first kappa shape index (κ1) is 15.8. The summed E-state index contributed by atoms with van der Waals surface area (Å²) in [4.78, 5) is 2.53. The zero-order chi connectivity index (χ0) is 16.1. The van der Waals surface area contributed by atoms with Crippen LogP contribution in [0.1, 0.15) is 10.4 Å². The number of tetrazole rings is 1. The molecule has 2 aromatic heterocycles. The number of ether oxygens (including phenoxy) is 1. The Bertz CT molecular complexity index is 725. The lowest BCUT2D eigenvalue weighted by Gasteiger charge is -2.09. The lowest BCUT2D eigenvalue weighted by molar-refractivity contribution is 0.0174. The molecule has 0 aliphatic carbocycles. The summed E-state index contributed by atoms with van der Waals surface area (Å²) in [6.45, 7) is 3.03. The number of hydrogen-bond acceptors (Lipinski definition) is 6. The summed E-state index contributed by atoms with van der Waals surface area (Å²) in [6, 6.07) is 11.9. The number of benzene rings is 1. The van der Waals surface area contributed by atoms with Gasteiger partial charge in [-0.1, -0.05) is 35.9 Å². The highest BCUT2D eigenvalue weighted by Crippen LogP contribution is 2.14. The Kier molecular flexibility index (Phi) is 5.12. The fraction of sp³-hybridized carbons (Fsp3) is 0.312. The van der Waals surface area contributed by atoms with Gasteiger partial charge in [-0.3, -0.25) is 0 Å². The van der Waals surface area contributed by atoms with E-state index in [0.29, 0.717) is 12.4 Å². The number of hydrogen-bond donors (Lipinski definition) is 1. The van der Waals surface area contributed by atoms with Crippen LogP contribution in [-0.4, -0.2) is 38.0 Å². The predicted molar refractivity (Wildman–Crippen MR) is 88.0 cm³/mol. The van der Waals surface area contributed by atoms with Crippen molar-refractivity contribution in [1.82, 2.24) is 20.2 Å². The van der Waals surface area contributed by atoms with Gasteiger partial charge in [0.25, 0.3) is 0 Å². The standard InChI is InChI=1S/C16H18N4O2S/c1-12-4-6-13(7-5-12)16-17-19-20(18-16)9-14(21)10-22-11-15-3-2-8-23-15/h2-8,14,21H,9-11H2,1H3/t14-/m1/s1. The number of thiophene rings is 1. The van der Waals surface area contributed by atoms with Crippen LogP contribution in [0.4, 0.5) is 0 Å². The Morgan fingerprint density at radius 3 is 2.83 bits per heavy atom. The Balaban J connectivity index is 1.51. The molecule has 0 aliphatic rings. The molecule has 0 spiro atoms. The van der Waals surface area contributed by atoms with Crippen molar-refractivity contribution in [3.63, 3.8) is 0 Å². The molecule has 3 rings (SSSR count). The van der Waals surface area contributed by atoms with Gasteiger partial charge < -0.3 is 9.84 Å². The molecule has 120 valence electrons. The van der Waals surface area contributed by atoms with E-state index in [4.69, 9.17) is 4.74 Å². The molecular formula is C16H18N4O2S. The van der Waals surface area contributed by atoms with Crippen molar-refractivity contribution in [3.05, 3.63) is 52.2 Å².